The first-order chi connectivity index (χ1) is 11.2. The Balaban J connectivity index is 1.58. The monoisotopic (exact) mass is 333 g/mol. The average molecular weight is 333 g/mol. The van der Waals surface area contributed by atoms with Crippen molar-refractivity contribution in [3.8, 4) is 0 Å². The molecule has 0 saturated carbocycles. The Morgan fingerprint density at radius 1 is 1.30 bits per heavy atom. The number of carbonyl (C=O) groups excluding carboxylic acids is 1. The standard InChI is InChI=1S/C16H23N5OS/c1-3-21-11-14(9-18-21)10-19-5-4-6-20(8-7-19)16(22)15-13(2)17-12-23-15/h9,11-12H,3-8,10H2,1-2H3. The minimum atomic E-state index is 0.130. The van der Waals surface area contributed by atoms with E-state index in [2.05, 4.69) is 28.1 Å². The normalized spacial score (nSPS) is 16.5. The summed E-state index contributed by atoms with van der Waals surface area (Å²) in [5.74, 6) is 0.130. The van der Waals surface area contributed by atoms with E-state index in [4.69, 9.17) is 0 Å². The molecule has 3 rings (SSSR count). The van der Waals surface area contributed by atoms with E-state index < -0.39 is 0 Å². The molecule has 0 aliphatic carbocycles. The molecule has 0 spiro atoms. The minimum absolute atomic E-state index is 0.130. The number of nitrogens with zero attached hydrogens (tertiary/aromatic N) is 5. The Hall–Kier alpha value is -1.73. The summed E-state index contributed by atoms with van der Waals surface area (Å²) in [6, 6.07) is 0. The SMILES string of the molecule is CCn1cc(CN2CCCN(C(=O)c3scnc3C)CC2)cn1. The lowest BCUT2D eigenvalue weighted by molar-refractivity contribution is 0.0765. The van der Waals surface area contributed by atoms with Crippen molar-refractivity contribution in [2.24, 2.45) is 0 Å². The second kappa shape index (κ2) is 7.23. The zero-order valence-corrected chi connectivity index (χ0v) is 14.6. The molecule has 23 heavy (non-hydrogen) atoms. The van der Waals surface area contributed by atoms with Gasteiger partial charge in [-0.3, -0.25) is 14.4 Å². The van der Waals surface area contributed by atoms with Crippen LogP contribution in [0.25, 0.3) is 0 Å². The van der Waals surface area contributed by atoms with Gasteiger partial charge in [0.15, 0.2) is 0 Å². The quantitative estimate of drug-likeness (QED) is 0.859. The van der Waals surface area contributed by atoms with Gasteiger partial charge in [-0.25, -0.2) is 4.98 Å². The Bertz CT molecular complexity index is 665. The van der Waals surface area contributed by atoms with Gasteiger partial charge in [0.2, 0.25) is 0 Å². The van der Waals surface area contributed by atoms with E-state index >= 15 is 0 Å². The first-order valence-corrected chi connectivity index (χ1v) is 8.98. The molecule has 3 heterocycles. The molecule has 1 fully saturated rings. The lowest BCUT2D eigenvalue weighted by Gasteiger charge is -2.21. The van der Waals surface area contributed by atoms with Crippen molar-refractivity contribution in [1.29, 1.82) is 0 Å². The van der Waals surface area contributed by atoms with Crippen molar-refractivity contribution in [1.82, 2.24) is 24.6 Å². The largest absolute Gasteiger partial charge is 0.337 e. The summed E-state index contributed by atoms with van der Waals surface area (Å²) in [4.78, 5) is 21.9. The number of carbonyl (C=O) groups is 1. The van der Waals surface area contributed by atoms with E-state index in [1.54, 1.807) is 5.51 Å². The van der Waals surface area contributed by atoms with Gasteiger partial charge in [0.05, 0.1) is 17.4 Å². The lowest BCUT2D eigenvalue weighted by Crippen LogP contribution is -2.35. The summed E-state index contributed by atoms with van der Waals surface area (Å²) < 4.78 is 1.95. The van der Waals surface area contributed by atoms with Gasteiger partial charge in [-0.2, -0.15) is 5.10 Å². The lowest BCUT2D eigenvalue weighted by atomic mass is 10.3. The van der Waals surface area contributed by atoms with Crippen LogP contribution in [0.15, 0.2) is 17.9 Å². The Morgan fingerprint density at radius 2 is 2.17 bits per heavy atom. The van der Waals surface area contributed by atoms with Crippen LogP contribution >= 0.6 is 11.3 Å². The molecule has 6 nitrogen and oxygen atoms in total. The molecule has 0 radical (unpaired) electrons. The summed E-state index contributed by atoms with van der Waals surface area (Å²) in [6.45, 7) is 9.31. The number of aryl methyl sites for hydroxylation is 2. The first kappa shape index (κ1) is 16.1. The third-order valence-electron chi connectivity index (χ3n) is 4.23. The van der Waals surface area contributed by atoms with Gasteiger partial charge in [0.25, 0.3) is 5.91 Å². The maximum Gasteiger partial charge on any atom is 0.265 e. The molecule has 0 N–H and O–H groups in total. The van der Waals surface area contributed by atoms with Gasteiger partial charge in [-0.1, -0.05) is 0 Å². The molecule has 1 amide bonds. The van der Waals surface area contributed by atoms with Crippen molar-refractivity contribution >= 4 is 17.2 Å². The summed E-state index contributed by atoms with van der Waals surface area (Å²) in [7, 11) is 0. The summed E-state index contributed by atoms with van der Waals surface area (Å²) in [5.41, 5.74) is 3.83. The first-order valence-electron chi connectivity index (χ1n) is 8.10. The van der Waals surface area contributed by atoms with Gasteiger partial charge >= 0.3 is 0 Å². The number of amides is 1. The highest BCUT2D eigenvalue weighted by atomic mass is 32.1. The van der Waals surface area contributed by atoms with Gasteiger partial charge in [0.1, 0.15) is 4.88 Å². The third-order valence-corrected chi connectivity index (χ3v) is 5.15. The Morgan fingerprint density at radius 3 is 2.87 bits per heavy atom. The predicted molar refractivity (Wildman–Crippen MR) is 90.5 cm³/mol. The van der Waals surface area contributed by atoms with Gasteiger partial charge in [-0.05, 0) is 20.3 Å². The van der Waals surface area contributed by atoms with E-state index in [0.29, 0.717) is 0 Å². The summed E-state index contributed by atoms with van der Waals surface area (Å²) in [5, 5.41) is 4.33. The molecular weight excluding hydrogens is 310 g/mol. The fraction of sp³-hybridized carbons (Fsp3) is 0.562. The fourth-order valence-electron chi connectivity index (χ4n) is 2.90. The molecular formula is C16H23N5OS. The van der Waals surface area contributed by atoms with Crippen LogP contribution in [0, 0.1) is 6.92 Å². The number of hydrogen-bond acceptors (Lipinski definition) is 5. The smallest absolute Gasteiger partial charge is 0.265 e. The molecule has 1 aliphatic heterocycles. The molecule has 0 atom stereocenters. The Kier molecular flexibility index (Phi) is 5.07. The molecule has 0 aromatic carbocycles. The predicted octanol–water partition coefficient (Wildman–Crippen LogP) is 2.02. The second-order valence-electron chi connectivity index (χ2n) is 5.89. The minimum Gasteiger partial charge on any atom is -0.337 e. The van der Waals surface area contributed by atoms with Gasteiger partial charge < -0.3 is 4.90 Å². The van der Waals surface area contributed by atoms with Crippen molar-refractivity contribution < 1.29 is 4.79 Å². The maximum atomic E-state index is 12.6. The van der Waals surface area contributed by atoms with Crippen LogP contribution in [0.1, 0.15) is 34.3 Å². The molecule has 1 saturated heterocycles. The maximum absolute atomic E-state index is 12.6. The fourth-order valence-corrected chi connectivity index (χ4v) is 3.67. The van der Waals surface area contributed by atoms with Crippen LogP contribution in [-0.4, -0.2) is 56.7 Å². The highest BCUT2D eigenvalue weighted by Gasteiger charge is 2.22. The van der Waals surface area contributed by atoms with Crippen LogP contribution in [0.2, 0.25) is 0 Å². The molecule has 1 aliphatic rings. The highest BCUT2D eigenvalue weighted by Crippen LogP contribution is 2.17. The van der Waals surface area contributed by atoms with Crippen LogP contribution in [0.3, 0.4) is 0 Å². The third kappa shape index (κ3) is 3.79. The molecule has 0 unspecified atom stereocenters. The molecule has 7 heteroatoms. The van der Waals surface area contributed by atoms with Crippen molar-refractivity contribution in [3.63, 3.8) is 0 Å². The van der Waals surface area contributed by atoms with Crippen molar-refractivity contribution in [2.45, 2.75) is 33.4 Å². The van der Waals surface area contributed by atoms with E-state index in [-0.39, 0.29) is 5.91 Å². The van der Waals surface area contributed by atoms with E-state index in [9.17, 15) is 4.79 Å². The number of aromatic nitrogens is 3. The molecule has 124 valence electrons. The van der Waals surface area contributed by atoms with E-state index in [1.165, 1.54) is 16.9 Å². The van der Waals surface area contributed by atoms with Crippen molar-refractivity contribution in [2.75, 3.05) is 26.2 Å². The topological polar surface area (TPSA) is 54.3 Å². The van der Waals surface area contributed by atoms with Gasteiger partial charge in [0, 0.05) is 51.0 Å². The molecule has 2 aromatic heterocycles. The zero-order valence-electron chi connectivity index (χ0n) is 13.7. The van der Waals surface area contributed by atoms with Crippen LogP contribution in [0.4, 0.5) is 0 Å². The van der Waals surface area contributed by atoms with Crippen molar-refractivity contribution in [3.05, 3.63) is 34.0 Å². The van der Waals surface area contributed by atoms with Gasteiger partial charge in [-0.15, -0.1) is 11.3 Å². The zero-order chi connectivity index (χ0) is 16.2. The number of hydrogen-bond donors (Lipinski definition) is 0. The molecule has 2 aromatic rings. The summed E-state index contributed by atoms with van der Waals surface area (Å²) >= 11 is 1.44. The number of rotatable bonds is 4. The average Bonchev–Trinajstić information content (AvgIpc) is 3.11. The molecule has 0 bridgehead atoms. The van der Waals surface area contributed by atoms with E-state index in [0.717, 1.165) is 56.3 Å². The van der Waals surface area contributed by atoms with Crippen LogP contribution in [0.5, 0.6) is 0 Å². The second-order valence-corrected chi connectivity index (χ2v) is 6.75. The van der Waals surface area contributed by atoms with E-state index in [1.807, 2.05) is 22.7 Å². The summed E-state index contributed by atoms with van der Waals surface area (Å²) in [6.07, 6.45) is 5.05. The van der Waals surface area contributed by atoms with Crippen LogP contribution in [-0.2, 0) is 13.1 Å². The highest BCUT2D eigenvalue weighted by molar-refractivity contribution is 7.11. The number of thiazole rings is 1. The van der Waals surface area contributed by atoms with Crippen LogP contribution < -0.4 is 0 Å². The Labute approximate surface area is 140 Å².